The van der Waals surface area contributed by atoms with E-state index < -0.39 is 0 Å². The number of methoxy groups -OCH3 is 1. The summed E-state index contributed by atoms with van der Waals surface area (Å²) in [4.78, 5) is 6.47. The first-order chi connectivity index (χ1) is 9.15. The van der Waals surface area contributed by atoms with Crippen molar-refractivity contribution in [2.75, 3.05) is 13.7 Å². The summed E-state index contributed by atoms with van der Waals surface area (Å²) in [6.45, 7) is 5.27. The van der Waals surface area contributed by atoms with Crippen molar-refractivity contribution in [3.63, 3.8) is 0 Å². The predicted molar refractivity (Wildman–Crippen MR) is 78.7 cm³/mol. The lowest BCUT2D eigenvalue weighted by Crippen LogP contribution is -2.51. The Kier molecular flexibility index (Phi) is 3.67. The average Bonchev–Trinajstić information content (AvgIpc) is 2.90. The number of ether oxygens (including phenoxy) is 1. The number of nitrogens with one attached hydrogen (secondary N) is 1. The van der Waals surface area contributed by atoms with Crippen LogP contribution in [0.2, 0.25) is 0 Å². The van der Waals surface area contributed by atoms with Crippen molar-refractivity contribution in [3.05, 3.63) is 15.6 Å². The van der Waals surface area contributed by atoms with E-state index in [-0.39, 0.29) is 5.54 Å². The van der Waals surface area contributed by atoms with Crippen LogP contribution in [0.1, 0.15) is 48.7 Å². The van der Waals surface area contributed by atoms with Gasteiger partial charge in [0.2, 0.25) is 0 Å². The first-order valence-electron chi connectivity index (χ1n) is 7.41. The fourth-order valence-corrected chi connectivity index (χ4v) is 4.38. The molecule has 1 unspecified atom stereocenters. The number of fused-ring (bicyclic) bond motifs is 1. The summed E-state index contributed by atoms with van der Waals surface area (Å²) in [7, 11) is 1.80. The Morgan fingerprint density at radius 1 is 1.42 bits per heavy atom. The minimum absolute atomic E-state index is 0.0923. The van der Waals surface area contributed by atoms with Gasteiger partial charge in [-0.15, -0.1) is 11.3 Å². The molecule has 0 saturated heterocycles. The molecule has 1 heterocycles. The van der Waals surface area contributed by atoms with Gasteiger partial charge in [0.25, 0.3) is 0 Å². The van der Waals surface area contributed by atoms with Gasteiger partial charge in [-0.25, -0.2) is 4.98 Å². The molecular weight excluding hydrogens is 256 g/mol. The molecule has 0 bridgehead atoms. The Hall–Kier alpha value is -0.450. The summed E-state index contributed by atoms with van der Waals surface area (Å²) >= 11 is 1.91. The maximum Gasteiger partial charge on any atom is 0.116 e. The molecule has 0 spiro atoms. The molecule has 3 nitrogen and oxygen atoms in total. The number of aryl methyl sites for hydroxylation is 2. The number of hydrogen-bond donors (Lipinski definition) is 1. The van der Waals surface area contributed by atoms with E-state index in [0.29, 0.717) is 18.6 Å². The number of thiazole rings is 1. The Balaban J connectivity index is 1.94. The molecule has 1 N–H and O–H groups in total. The van der Waals surface area contributed by atoms with Crippen molar-refractivity contribution in [1.29, 1.82) is 0 Å². The van der Waals surface area contributed by atoms with Gasteiger partial charge in [-0.05, 0) is 38.0 Å². The van der Waals surface area contributed by atoms with Crippen molar-refractivity contribution in [1.82, 2.24) is 10.3 Å². The highest BCUT2D eigenvalue weighted by Crippen LogP contribution is 2.39. The van der Waals surface area contributed by atoms with Crippen LogP contribution in [0, 0.1) is 5.92 Å². The summed E-state index contributed by atoms with van der Waals surface area (Å²) in [5, 5.41) is 5.08. The number of nitrogens with zero attached hydrogens (tertiary/aromatic N) is 1. The van der Waals surface area contributed by atoms with Gasteiger partial charge in [0, 0.05) is 18.0 Å². The second-order valence-electron chi connectivity index (χ2n) is 6.22. The van der Waals surface area contributed by atoms with E-state index >= 15 is 0 Å². The summed E-state index contributed by atoms with van der Waals surface area (Å²) in [5.41, 5.74) is 1.25. The standard InChI is InChI=1S/C15H24N2OS/c1-10(2)15(9-18-3,17-11-7-8-11)14-16-12-5-4-6-13(12)19-14/h10-11,17H,4-9H2,1-3H3. The summed E-state index contributed by atoms with van der Waals surface area (Å²) in [6, 6.07) is 0.663. The third kappa shape index (κ3) is 2.46. The highest BCUT2D eigenvalue weighted by Gasteiger charge is 2.43. The van der Waals surface area contributed by atoms with Gasteiger partial charge < -0.3 is 10.1 Å². The number of hydrogen-bond acceptors (Lipinski definition) is 4. The SMILES string of the molecule is COCC(NC1CC1)(c1nc2c(s1)CCC2)C(C)C. The number of aromatic nitrogens is 1. The van der Waals surface area contributed by atoms with Crippen LogP contribution in [0.3, 0.4) is 0 Å². The van der Waals surface area contributed by atoms with E-state index in [4.69, 9.17) is 9.72 Å². The molecule has 2 aliphatic rings. The molecule has 0 amide bonds. The van der Waals surface area contributed by atoms with E-state index in [0.717, 1.165) is 6.42 Å². The minimum atomic E-state index is -0.0923. The Morgan fingerprint density at radius 3 is 2.79 bits per heavy atom. The lowest BCUT2D eigenvalue weighted by molar-refractivity contribution is 0.0744. The lowest BCUT2D eigenvalue weighted by atomic mass is 9.87. The molecule has 106 valence electrons. The highest BCUT2D eigenvalue weighted by atomic mass is 32.1. The monoisotopic (exact) mass is 280 g/mol. The largest absolute Gasteiger partial charge is 0.382 e. The Labute approximate surface area is 119 Å². The minimum Gasteiger partial charge on any atom is -0.382 e. The van der Waals surface area contributed by atoms with Crippen LogP contribution in [-0.4, -0.2) is 24.7 Å². The molecule has 4 heteroatoms. The van der Waals surface area contributed by atoms with Gasteiger partial charge >= 0.3 is 0 Å². The molecule has 1 saturated carbocycles. The molecule has 0 aromatic carbocycles. The maximum absolute atomic E-state index is 5.56. The predicted octanol–water partition coefficient (Wildman–Crippen LogP) is 2.88. The molecule has 1 aromatic heterocycles. The van der Waals surface area contributed by atoms with Gasteiger partial charge in [-0.1, -0.05) is 13.8 Å². The van der Waals surface area contributed by atoms with Crippen LogP contribution in [0.25, 0.3) is 0 Å². The van der Waals surface area contributed by atoms with Crippen LogP contribution in [0.15, 0.2) is 0 Å². The third-order valence-electron chi connectivity index (χ3n) is 4.37. The van der Waals surface area contributed by atoms with Crippen molar-refractivity contribution >= 4 is 11.3 Å². The summed E-state index contributed by atoms with van der Waals surface area (Å²) in [6.07, 6.45) is 6.25. The van der Waals surface area contributed by atoms with Gasteiger partial charge in [0.05, 0.1) is 17.8 Å². The van der Waals surface area contributed by atoms with Gasteiger partial charge in [-0.3, -0.25) is 0 Å². The maximum atomic E-state index is 5.56. The molecule has 19 heavy (non-hydrogen) atoms. The van der Waals surface area contributed by atoms with Gasteiger partial charge in [0.1, 0.15) is 5.01 Å². The first kappa shape index (κ1) is 13.5. The van der Waals surface area contributed by atoms with Crippen LogP contribution in [-0.2, 0) is 23.1 Å². The van der Waals surface area contributed by atoms with E-state index in [1.54, 1.807) is 7.11 Å². The smallest absolute Gasteiger partial charge is 0.116 e. The first-order valence-corrected chi connectivity index (χ1v) is 8.23. The van der Waals surface area contributed by atoms with Crippen molar-refractivity contribution in [3.8, 4) is 0 Å². The number of rotatable bonds is 6. The zero-order chi connectivity index (χ0) is 13.5. The lowest BCUT2D eigenvalue weighted by Gasteiger charge is -2.36. The molecule has 0 aliphatic heterocycles. The van der Waals surface area contributed by atoms with E-state index in [1.165, 1.54) is 41.3 Å². The highest BCUT2D eigenvalue weighted by molar-refractivity contribution is 7.12. The second-order valence-corrected chi connectivity index (χ2v) is 7.30. The fraction of sp³-hybridized carbons (Fsp3) is 0.800. The van der Waals surface area contributed by atoms with E-state index in [9.17, 15) is 0 Å². The molecule has 1 fully saturated rings. The second kappa shape index (κ2) is 5.15. The molecule has 2 aliphatic carbocycles. The Bertz CT molecular complexity index is 431. The molecule has 1 aromatic rings. The summed E-state index contributed by atoms with van der Waals surface area (Å²) in [5.74, 6) is 0.485. The van der Waals surface area contributed by atoms with Crippen LogP contribution >= 0.6 is 11.3 Å². The zero-order valence-electron chi connectivity index (χ0n) is 12.2. The summed E-state index contributed by atoms with van der Waals surface area (Å²) < 4.78 is 5.56. The zero-order valence-corrected chi connectivity index (χ0v) is 13.0. The topological polar surface area (TPSA) is 34.1 Å². The van der Waals surface area contributed by atoms with Gasteiger partial charge in [0.15, 0.2) is 0 Å². The van der Waals surface area contributed by atoms with Gasteiger partial charge in [-0.2, -0.15) is 0 Å². The third-order valence-corrected chi connectivity index (χ3v) is 5.71. The van der Waals surface area contributed by atoms with Crippen LogP contribution in [0.4, 0.5) is 0 Å². The molecule has 0 radical (unpaired) electrons. The van der Waals surface area contributed by atoms with Crippen molar-refractivity contribution < 1.29 is 4.74 Å². The molecule has 1 atom stereocenters. The fourth-order valence-electron chi connectivity index (χ4n) is 2.95. The van der Waals surface area contributed by atoms with Crippen molar-refractivity contribution in [2.45, 2.75) is 57.5 Å². The van der Waals surface area contributed by atoms with Crippen LogP contribution in [0.5, 0.6) is 0 Å². The van der Waals surface area contributed by atoms with E-state index in [2.05, 4.69) is 19.2 Å². The van der Waals surface area contributed by atoms with Crippen LogP contribution < -0.4 is 5.32 Å². The average molecular weight is 280 g/mol. The van der Waals surface area contributed by atoms with Crippen molar-refractivity contribution in [2.24, 2.45) is 5.92 Å². The normalized spacial score (nSPS) is 21.7. The Morgan fingerprint density at radius 2 is 2.21 bits per heavy atom. The molecule has 3 rings (SSSR count). The quantitative estimate of drug-likeness (QED) is 0.870. The van der Waals surface area contributed by atoms with E-state index in [1.807, 2.05) is 11.3 Å². The molecular formula is C15H24N2OS.